The van der Waals surface area contributed by atoms with E-state index >= 15 is 0 Å². The Morgan fingerprint density at radius 1 is 1.50 bits per heavy atom. The lowest BCUT2D eigenvalue weighted by Crippen LogP contribution is -2.32. The Kier molecular flexibility index (Phi) is 2.54. The highest BCUT2D eigenvalue weighted by Crippen LogP contribution is 2.25. The first-order valence-corrected chi connectivity index (χ1v) is 4.92. The molecule has 1 unspecified atom stereocenters. The molecule has 0 saturated heterocycles. The minimum absolute atomic E-state index is 0.267. The zero-order valence-electron chi connectivity index (χ0n) is 8.60. The molecule has 1 aromatic heterocycles. The molecule has 5 nitrogen and oxygen atoms in total. The first-order valence-electron chi connectivity index (χ1n) is 4.92. The number of hydrogen-bond acceptors (Lipinski definition) is 3. The number of aliphatic carboxylic acids is 1. The molecule has 1 heterocycles. The van der Waals surface area contributed by atoms with Crippen LogP contribution in [-0.2, 0) is 11.2 Å². The van der Waals surface area contributed by atoms with Gasteiger partial charge in [0, 0.05) is 29.2 Å². The van der Waals surface area contributed by atoms with Crippen LogP contribution in [0.2, 0.25) is 0 Å². The number of benzene rings is 1. The molecule has 2 rings (SSSR count). The molecular weight excluding hydrogens is 206 g/mol. The average molecular weight is 219 g/mol. The Morgan fingerprint density at radius 3 is 2.94 bits per heavy atom. The number of H-pyrrole nitrogens is 1. The predicted octanol–water partition coefficient (Wildman–Crippen LogP) is 0.704. The fourth-order valence-corrected chi connectivity index (χ4v) is 1.77. The van der Waals surface area contributed by atoms with Gasteiger partial charge in [-0.05, 0) is 17.7 Å². The third-order valence-electron chi connectivity index (χ3n) is 2.58. The fourth-order valence-electron chi connectivity index (χ4n) is 1.77. The second-order valence-corrected chi connectivity index (χ2v) is 3.73. The van der Waals surface area contributed by atoms with E-state index < -0.39 is 12.0 Å². The average Bonchev–Trinajstić information content (AvgIpc) is 2.63. The number of hydrogen-bond donors (Lipinski definition) is 4. The molecule has 6 N–H and O–H groups in total. The number of aromatic nitrogens is 1. The maximum Gasteiger partial charge on any atom is 0.320 e. The number of carboxylic acid groups (broad SMARTS) is 1. The Labute approximate surface area is 92.1 Å². The van der Waals surface area contributed by atoms with Crippen molar-refractivity contribution < 1.29 is 9.90 Å². The van der Waals surface area contributed by atoms with Crippen LogP contribution < -0.4 is 11.5 Å². The van der Waals surface area contributed by atoms with Crippen molar-refractivity contribution in [3.05, 3.63) is 30.0 Å². The van der Waals surface area contributed by atoms with Crippen LogP contribution in [0.4, 0.5) is 5.69 Å². The summed E-state index contributed by atoms with van der Waals surface area (Å²) < 4.78 is 0. The van der Waals surface area contributed by atoms with Crippen LogP contribution in [0.3, 0.4) is 0 Å². The van der Waals surface area contributed by atoms with E-state index in [1.807, 2.05) is 12.1 Å². The molecular formula is C11H13N3O2. The van der Waals surface area contributed by atoms with Gasteiger partial charge in [-0.2, -0.15) is 0 Å². The number of nitrogen functional groups attached to an aromatic ring is 1. The van der Waals surface area contributed by atoms with E-state index in [2.05, 4.69) is 4.98 Å². The number of nitrogens with two attached hydrogens (primary N) is 2. The lowest BCUT2D eigenvalue weighted by atomic mass is 10.0. The summed E-state index contributed by atoms with van der Waals surface area (Å²) in [6, 6.07) is 4.61. The van der Waals surface area contributed by atoms with E-state index in [-0.39, 0.29) is 6.42 Å². The van der Waals surface area contributed by atoms with Gasteiger partial charge in [0.2, 0.25) is 0 Å². The lowest BCUT2D eigenvalue weighted by Gasteiger charge is -2.05. The third kappa shape index (κ3) is 1.72. The highest BCUT2D eigenvalue weighted by atomic mass is 16.4. The number of fused-ring (bicyclic) bond motifs is 1. The summed E-state index contributed by atoms with van der Waals surface area (Å²) in [5.41, 5.74) is 13.7. The molecule has 2 aromatic rings. The van der Waals surface area contributed by atoms with Crippen molar-refractivity contribution in [2.24, 2.45) is 5.73 Å². The van der Waals surface area contributed by atoms with Crippen molar-refractivity contribution in [3.8, 4) is 0 Å². The Hall–Kier alpha value is -2.01. The van der Waals surface area contributed by atoms with Gasteiger partial charge in [-0.1, -0.05) is 6.07 Å². The molecule has 1 atom stereocenters. The lowest BCUT2D eigenvalue weighted by molar-refractivity contribution is -0.138. The topological polar surface area (TPSA) is 105 Å². The molecule has 0 spiro atoms. The normalized spacial score (nSPS) is 12.8. The largest absolute Gasteiger partial charge is 0.480 e. The van der Waals surface area contributed by atoms with Gasteiger partial charge in [-0.3, -0.25) is 4.79 Å². The maximum absolute atomic E-state index is 10.7. The van der Waals surface area contributed by atoms with E-state index in [1.54, 1.807) is 12.3 Å². The highest BCUT2D eigenvalue weighted by Gasteiger charge is 2.15. The number of rotatable bonds is 3. The molecule has 0 bridgehead atoms. The summed E-state index contributed by atoms with van der Waals surface area (Å²) in [5, 5.41) is 9.62. The van der Waals surface area contributed by atoms with Crippen LogP contribution in [0.15, 0.2) is 24.4 Å². The minimum atomic E-state index is -1.01. The van der Waals surface area contributed by atoms with Crippen LogP contribution in [0.5, 0.6) is 0 Å². The maximum atomic E-state index is 10.7. The van der Waals surface area contributed by atoms with Gasteiger partial charge in [-0.25, -0.2) is 0 Å². The summed E-state index contributed by atoms with van der Waals surface area (Å²) in [6.45, 7) is 0. The van der Waals surface area contributed by atoms with Gasteiger partial charge in [-0.15, -0.1) is 0 Å². The number of anilines is 1. The highest BCUT2D eigenvalue weighted by molar-refractivity contribution is 5.94. The summed E-state index contributed by atoms with van der Waals surface area (Å²) in [6.07, 6.45) is 2.02. The van der Waals surface area contributed by atoms with Gasteiger partial charge < -0.3 is 21.6 Å². The predicted molar refractivity (Wildman–Crippen MR) is 62.0 cm³/mol. The first kappa shape index (κ1) is 10.5. The van der Waals surface area contributed by atoms with Crippen LogP contribution in [0.1, 0.15) is 5.56 Å². The van der Waals surface area contributed by atoms with Gasteiger partial charge in [0.1, 0.15) is 6.04 Å². The summed E-state index contributed by atoms with van der Waals surface area (Å²) >= 11 is 0. The number of aromatic amines is 1. The quantitative estimate of drug-likeness (QED) is 0.570. The van der Waals surface area contributed by atoms with Crippen LogP contribution in [-0.4, -0.2) is 22.1 Å². The van der Waals surface area contributed by atoms with E-state index in [9.17, 15) is 4.79 Å². The molecule has 16 heavy (non-hydrogen) atoms. The fraction of sp³-hybridized carbons (Fsp3) is 0.182. The van der Waals surface area contributed by atoms with Crippen LogP contribution in [0.25, 0.3) is 10.9 Å². The van der Waals surface area contributed by atoms with Crippen LogP contribution >= 0.6 is 0 Å². The number of carboxylic acids is 1. The van der Waals surface area contributed by atoms with Crippen molar-refractivity contribution in [2.45, 2.75) is 12.5 Å². The number of nitrogens with one attached hydrogen (secondary N) is 1. The summed E-state index contributed by atoms with van der Waals surface area (Å²) in [5.74, 6) is -1.01. The van der Waals surface area contributed by atoms with Crippen LogP contribution in [0, 0.1) is 0 Å². The smallest absolute Gasteiger partial charge is 0.320 e. The molecule has 0 aliphatic rings. The van der Waals surface area contributed by atoms with Crippen molar-refractivity contribution in [3.63, 3.8) is 0 Å². The SMILES string of the molecule is Nc1cccc2[nH]cc(CC(N)C(=O)O)c12. The molecule has 1 aromatic carbocycles. The summed E-state index contributed by atoms with van der Waals surface area (Å²) in [4.78, 5) is 13.7. The molecule has 0 fully saturated rings. The summed E-state index contributed by atoms with van der Waals surface area (Å²) in [7, 11) is 0. The van der Waals surface area contributed by atoms with Gasteiger partial charge in [0.15, 0.2) is 0 Å². The standard InChI is InChI=1S/C11H13N3O2/c12-7-2-1-3-9-10(7)6(5-14-9)4-8(13)11(15)16/h1-3,5,8,14H,4,12-13H2,(H,15,16). The Morgan fingerprint density at radius 2 is 2.25 bits per heavy atom. The Balaban J connectivity index is 2.42. The molecule has 84 valence electrons. The number of carbonyl (C=O) groups is 1. The van der Waals surface area contributed by atoms with Crippen molar-refractivity contribution in [1.82, 2.24) is 4.98 Å². The van der Waals surface area contributed by atoms with E-state index in [0.717, 1.165) is 16.5 Å². The van der Waals surface area contributed by atoms with Crippen molar-refractivity contribution >= 4 is 22.6 Å². The first-order chi connectivity index (χ1) is 7.59. The van der Waals surface area contributed by atoms with Gasteiger partial charge in [0.25, 0.3) is 0 Å². The third-order valence-corrected chi connectivity index (χ3v) is 2.58. The molecule has 0 radical (unpaired) electrons. The molecule has 0 amide bonds. The molecule has 0 aliphatic carbocycles. The molecule has 0 saturated carbocycles. The monoisotopic (exact) mass is 219 g/mol. The van der Waals surface area contributed by atoms with E-state index in [1.165, 1.54) is 0 Å². The van der Waals surface area contributed by atoms with E-state index in [4.69, 9.17) is 16.6 Å². The minimum Gasteiger partial charge on any atom is -0.480 e. The molecule has 5 heteroatoms. The van der Waals surface area contributed by atoms with Crippen molar-refractivity contribution in [1.29, 1.82) is 0 Å². The zero-order valence-corrected chi connectivity index (χ0v) is 8.60. The zero-order chi connectivity index (χ0) is 11.7. The van der Waals surface area contributed by atoms with Gasteiger partial charge in [0.05, 0.1) is 0 Å². The second kappa shape index (κ2) is 3.86. The van der Waals surface area contributed by atoms with Gasteiger partial charge >= 0.3 is 5.97 Å². The van der Waals surface area contributed by atoms with E-state index in [0.29, 0.717) is 5.69 Å². The Bertz CT molecular complexity index is 533. The van der Waals surface area contributed by atoms with Crippen molar-refractivity contribution in [2.75, 3.05) is 5.73 Å². The second-order valence-electron chi connectivity index (χ2n) is 3.73. The molecule has 0 aliphatic heterocycles.